The van der Waals surface area contributed by atoms with Gasteiger partial charge in [-0.25, -0.2) is 9.97 Å². The van der Waals surface area contributed by atoms with Crippen LogP contribution in [0.5, 0.6) is 0 Å². The normalized spacial score (nSPS) is 10.5. The molecular weight excluding hydrogens is 419 g/mol. The summed E-state index contributed by atoms with van der Waals surface area (Å²) in [7, 11) is 0. The highest BCUT2D eigenvalue weighted by atomic mass is 127. The number of benzene rings is 1. The summed E-state index contributed by atoms with van der Waals surface area (Å²) in [5.41, 5.74) is 0.837. The lowest BCUT2D eigenvalue weighted by Crippen LogP contribution is -2.05. The number of thioether (sulfide) groups is 1. The number of anilines is 3. The van der Waals surface area contributed by atoms with E-state index in [9.17, 15) is 0 Å². The maximum Gasteiger partial charge on any atom is 0.191 e. The topological polar surface area (TPSA) is 49.8 Å². The van der Waals surface area contributed by atoms with Crippen molar-refractivity contribution in [3.8, 4) is 0 Å². The van der Waals surface area contributed by atoms with E-state index in [2.05, 4.69) is 50.1 Å². The smallest absolute Gasteiger partial charge is 0.191 e. The van der Waals surface area contributed by atoms with Crippen molar-refractivity contribution < 1.29 is 0 Å². The standard InChI is InChI=1S/C14H16ClIN4S/c1-3-6-17-12-8-13(20-14(19-12)21-2)18-11-5-4-9(16)7-10(11)15/h4-5,7-8H,3,6H2,1-2H3,(H2,17,18,19,20). The van der Waals surface area contributed by atoms with Crippen LogP contribution in [-0.4, -0.2) is 22.8 Å². The molecule has 0 aliphatic rings. The molecule has 0 aliphatic heterocycles. The predicted molar refractivity (Wildman–Crippen MR) is 100 cm³/mol. The quantitative estimate of drug-likeness (QED) is 0.380. The minimum absolute atomic E-state index is 0.675. The maximum atomic E-state index is 6.24. The van der Waals surface area contributed by atoms with Gasteiger partial charge in [-0.2, -0.15) is 0 Å². The zero-order valence-corrected chi connectivity index (χ0v) is 15.5. The van der Waals surface area contributed by atoms with E-state index >= 15 is 0 Å². The molecule has 2 rings (SSSR count). The molecule has 0 bridgehead atoms. The number of halogens is 2. The van der Waals surface area contributed by atoms with Crippen LogP contribution in [-0.2, 0) is 0 Å². The highest BCUT2D eigenvalue weighted by Gasteiger charge is 2.06. The fraction of sp³-hybridized carbons (Fsp3) is 0.286. The zero-order chi connectivity index (χ0) is 15.2. The average molecular weight is 435 g/mol. The Morgan fingerprint density at radius 2 is 2.00 bits per heavy atom. The number of aromatic nitrogens is 2. The van der Waals surface area contributed by atoms with Crippen LogP contribution in [0, 0.1) is 3.57 Å². The molecule has 0 fully saturated rings. The van der Waals surface area contributed by atoms with Gasteiger partial charge in [0.1, 0.15) is 11.6 Å². The highest BCUT2D eigenvalue weighted by molar-refractivity contribution is 14.1. The second-order valence-corrected chi connectivity index (χ2v) is 6.73. The van der Waals surface area contributed by atoms with Crippen LogP contribution >= 0.6 is 46.0 Å². The molecule has 0 atom stereocenters. The summed E-state index contributed by atoms with van der Waals surface area (Å²) in [5, 5.41) is 7.93. The average Bonchev–Trinajstić information content (AvgIpc) is 2.48. The summed E-state index contributed by atoms with van der Waals surface area (Å²) in [6, 6.07) is 7.76. The van der Waals surface area contributed by atoms with Gasteiger partial charge in [0.25, 0.3) is 0 Å². The Morgan fingerprint density at radius 3 is 2.67 bits per heavy atom. The summed E-state index contributed by atoms with van der Waals surface area (Å²) in [5.74, 6) is 1.55. The molecule has 21 heavy (non-hydrogen) atoms. The van der Waals surface area contributed by atoms with E-state index in [1.807, 2.05) is 30.5 Å². The first-order valence-corrected chi connectivity index (χ1v) is 9.19. The van der Waals surface area contributed by atoms with Crippen molar-refractivity contribution >= 4 is 63.3 Å². The lowest BCUT2D eigenvalue weighted by molar-refractivity contribution is 0.929. The van der Waals surface area contributed by atoms with E-state index in [0.717, 1.165) is 39.0 Å². The first-order valence-electron chi connectivity index (χ1n) is 6.51. The predicted octanol–water partition coefficient (Wildman–Crippen LogP) is 5.02. The minimum Gasteiger partial charge on any atom is -0.370 e. The van der Waals surface area contributed by atoms with Crippen molar-refractivity contribution in [2.45, 2.75) is 18.5 Å². The third kappa shape index (κ3) is 4.89. The van der Waals surface area contributed by atoms with Gasteiger partial charge >= 0.3 is 0 Å². The van der Waals surface area contributed by atoms with Crippen molar-refractivity contribution in [3.63, 3.8) is 0 Å². The van der Waals surface area contributed by atoms with Gasteiger partial charge in [-0.1, -0.05) is 30.3 Å². The molecule has 0 spiro atoms. The molecule has 1 heterocycles. The van der Waals surface area contributed by atoms with Gasteiger partial charge in [-0.05, 0) is 53.5 Å². The molecule has 7 heteroatoms. The van der Waals surface area contributed by atoms with Crippen LogP contribution < -0.4 is 10.6 Å². The van der Waals surface area contributed by atoms with Gasteiger partial charge in [0.2, 0.25) is 0 Å². The third-order valence-corrected chi connectivity index (χ3v) is 4.17. The fourth-order valence-corrected chi connectivity index (χ4v) is 2.94. The largest absolute Gasteiger partial charge is 0.370 e. The van der Waals surface area contributed by atoms with Gasteiger partial charge in [0, 0.05) is 16.2 Å². The Balaban J connectivity index is 2.25. The van der Waals surface area contributed by atoms with E-state index in [1.165, 1.54) is 11.8 Å². The van der Waals surface area contributed by atoms with Crippen LogP contribution in [0.25, 0.3) is 0 Å². The summed E-state index contributed by atoms with van der Waals surface area (Å²) in [4.78, 5) is 8.89. The van der Waals surface area contributed by atoms with Crippen molar-refractivity contribution in [2.24, 2.45) is 0 Å². The number of nitrogens with zero attached hydrogens (tertiary/aromatic N) is 2. The molecule has 0 saturated heterocycles. The lowest BCUT2D eigenvalue weighted by Gasteiger charge is -2.11. The van der Waals surface area contributed by atoms with E-state index in [4.69, 9.17) is 11.6 Å². The molecule has 2 N–H and O–H groups in total. The molecule has 2 aromatic rings. The summed E-state index contributed by atoms with van der Waals surface area (Å²) >= 11 is 9.99. The van der Waals surface area contributed by atoms with Gasteiger partial charge < -0.3 is 10.6 Å². The summed E-state index contributed by atoms with van der Waals surface area (Å²) < 4.78 is 1.10. The maximum absolute atomic E-state index is 6.24. The van der Waals surface area contributed by atoms with Gasteiger partial charge in [0.15, 0.2) is 5.16 Å². The number of hydrogen-bond donors (Lipinski definition) is 2. The number of rotatable bonds is 6. The second-order valence-electron chi connectivity index (χ2n) is 4.30. The Morgan fingerprint density at radius 1 is 1.24 bits per heavy atom. The van der Waals surface area contributed by atoms with E-state index < -0.39 is 0 Å². The molecule has 0 unspecified atom stereocenters. The molecule has 4 nitrogen and oxygen atoms in total. The summed E-state index contributed by atoms with van der Waals surface area (Å²) in [6.07, 6.45) is 3.00. The zero-order valence-electron chi connectivity index (χ0n) is 11.8. The number of nitrogens with one attached hydrogen (secondary N) is 2. The Hall–Kier alpha value is -0.730. The third-order valence-electron chi connectivity index (χ3n) is 2.64. The molecule has 0 amide bonds. The van der Waals surface area contributed by atoms with E-state index in [-0.39, 0.29) is 0 Å². The first-order chi connectivity index (χ1) is 10.1. The molecule has 1 aromatic carbocycles. The van der Waals surface area contributed by atoms with Gasteiger partial charge in [-0.3, -0.25) is 0 Å². The van der Waals surface area contributed by atoms with Crippen LogP contribution in [0.15, 0.2) is 29.4 Å². The van der Waals surface area contributed by atoms with Crippen LogP contribution in [0.3, 0.4) is 0 Å². The monoisotopic (exact) mass is 434 g/mol. The second kappa shape index (κ2) is 8.05. The van der Waals surface area contributed by atoms with Crippen LogP contribution in [0.1, 0.15) is 13.3 Å². The lowest BCUT2D eigenvalue weighted by atomic mass is 10.3. The fourth-order valence-electron chi connectivity index (χ4n) is 1.65. The minimum atomic E-state index is 0.675. The number of hydrogen-bond acceptors (Lipinski definition) is 5. The SMILES string of the molecule is CCCNc1cc(Nc2ccc(I)cc2Cl)nc(SC)n1. The van der Waals surface area contributed by atoms with Gasteiger partial charge in [0.05, 0.1) is 10.7 Å². The molecule has 1 aromatic heterocycles. The molecular formula is C14H16ClIN4S. The Bertz CT molecular complexity index is 624. The van der Waals surface area contributed by atoms with Crippen molar-refractivity contribution in [3.05, 3.63) is 32.9 Å². The van der Waals surface area contributed by atoms with Crippen LogP contribution in [0.4, 0.5) is 17.3 Å². The highest BCUT2D eigenvalue weighted by Crippen LogP contribution is 2.27. The van der Waals surface area contributed by atoms with Crippen molar-refractivity contribution in [1.29, 1.82) is 0 Å². The van der Waals surface area contributed by atoms with Gasteiger partial charge in [-0.15, -0.1) is 0 Å². The molecule has 0 radical (unpaired) electrons. The Kier molecular flexibility index (Phi) is 6.38. The molecule has 0 saturated carbocycles. The molecule has 0 aliphatic carbocycles. The van der Waals surface area contributed by atoms with E-state index in [1.54, 1.807) is 0 Å². The van der Waals surface area contributed by atoms with Crippen molar-refractivity contribution in [2.75, 3.05) is 23.4 Å². The first kappa shape index (κ1) is 16.6. The van der Waals surface area contributed by atoms with E-state index in [0.29, 0.717) is 5.02 Å². The van der Waals surface area contributed by atoms with Crippen LogP contribution in [0.2, 0.25) is 5.02 Å². The summed E-state index contributed by atoms with van der Waals surface area (Å²) in [6.45, 7) is 3.00. The molecule has 112 valence electrons. The Labute approximate surface area is 147 Å². The van der Waals surface area contributed by atoms with Crippen molar-refractivity contribution in [1.82, 2.24) is 9.97 Å².